The van der Waals surface area contributed by atoms with E-state index in [1.807, 2.05) is 18.3 Å². The fourth-order valence-electron chi connectivity index (χ4n) is 4.45. The molecule has 5 rings (SSSR count). The summed E-state index contributed by atoms with van der Waals surface area (Å²) in [4.78, 5) is 26.2. The Bertz CT molecular complexity index is 1360. The first-order valence-corrected chi connectivity index (χ1v) is 11.8. The Labute approximate surface area is 198 Å². The van der Waals surface area contributed by atoms with Gasteiger partial charge in [0.15, 0.2) is 5.58 Å². The Balaban J connectivity index is 1.46. The second kappa shape index (κ2) is 9.30. The first-order valence-electron chi connectivity index (χ1n) is 11.8. The van der Waals surface area contributed by atoms with Gasteiger partial charge >= 0.3 is 5.76 Å². The molecule has 0 bridgehead atoms. The van der Waals surface area contributed by atoms with E-state index in [0.717, 1.165) is 42.4 Å². The number of nitrogens with zero attached hydrogens (tertiary/aromatic N) is 3. The third-order valence-corrected chi connectivity index (χ3v) is 6.57. The van der Waals surface area contributed by atoms with Crippen molar-refractivity contribution >= 4 is 34.2 Å². The molecular weight excluding hydrogens is 428 g/mol. The standard InChI is InChI=1S/C26H30N6O2/c1-16-11-21(12-17(2)18(16)3)29-25-27-14-19(15-32-9-5-4-6-10-32)24(31-25)28-20-7-8-23-22(13-20)30-26(33)34-23/h7-8,11-14H,4-6,9-10,15H2,1-3H3,(H,30,33)(H2,27,28,29,31). The summed E-state index contributed by atoms with van der Waals surface area (Å²) in [5.74, 6) is 0.814. The molecule has 34 heavy (non-hydrogen) atoms. The van der Waals surface area contributed by atoms with Crippen LogP contribution < -0.4 is 16.4 Å². The van der Waals surface area contributed by atoms with E-state index in [9.17, 15) is 4.79 Å². The van der Waals surface area contributed by atoms with Crippen LogP contribution in [0.3, 0.4) is 0 Å². The third-order valence-electron chi connectivity index (χ3n) is 6.57. The van der Waals surface area contributed by atoms with Crippen molar-refractivity contribution in [2.75, 3.05) is 23.7 Å². The third kappa shape index (κ3) is 4.82. The molecule has 1 saturated heterocycles. The maximum atomic E-state index is 11.5. The lowest BCUT2D eigenvalue weighted by molar-refractivity contribution is 0.221. The quantitative estimate of drug-likeness (QED) is 0.360. The molecule has 0 aliphatic carbocycles. The topological polar surface area (TPSA) is 99.1 Å². The molecule has 8 nitrogen and oxygen atoms in total. The summed E-state index contributed by atoms with van der Waals surface area (Å²) in [5, 5.41) is 6.80. The van der Waals surface area contributed by atoms with Crippen molar-refractivity contribution in [1.29, 1.82) is 0 Å². The van der Waals surface area contributed by atoms with Gasteiger partial charge in [0.1, 0.15) is 5.82 Å². The molecule has 176 valence electrons. The molecule has 0 spiro atoms. The molecule has 1 fully saturated rings. The summed E-state index contributed by atoms with van der Waals surface area (Å²) in [7, 11) is 0. The van der Waals surface area contributed by atoms with Gasteiger partial charge in [0, 0.05) is 29.7 Å². The zero-order valence-corrected chi connectivity index (χ0v) is 19.9. The lowest BCUT2D eigenvalue weighted by Gasteiger charge is -2.27. The van der Waals surface area contributed by atoms with Crippen LogP contribution in [0.5, 0.6) is 0 Å². The van der Waals surface area contributed by atoms with Crippen LogP contribution in [-0.4, -0.2) is 32.9 Å². The number of likely N-dealkylation sites (tertiary alicyclic amines) is 1. The van der Waals surface area contributed by atoms with Gasteiger partial charge < -0.3 is 15.1 Å². The molecule has 1 aliphatic rings. The molecule has 0 atom stereocenters. The van der Waals surface area contributed by atoms with E-state index in [2.05, 4.69) is 58.4 Å². The van der Waals surface area contributed by atoms with E-state index < -0.39 is 5.76 Å². The molecule has 4 aromatic rings. The molecule has 0 radical (unpaired) electrons. The molecule has 3 N–H and O–H groups in total. The van der Waals surface area contributed by atoms with Gasteiger partial charge in [0.2, 0.25) is 5.95 Å². The number of aryl methyl sites for hydroxylation is 2. The number of aromatic nitrogens is 3. The molecule has 2 aromatic heterocycles. The van der Waals surface area contributed by atoms with Crippen LogP contribution in [0.25, 0.3) is 11.1 Å². The van der Waals surface area contributed by atoms with E-state index in [1.165, 1.54) is 36.0 Å². The monoisotopic (exact) mass is 458 g/mol. The van der Waals surface area contributed by atoms with Gasteiger partial charge in [-0.25, -0.2) is 9.78 Å². The second-order valence-corrected chi connectivity index (χ2v) is 9.11. The minimum atomic E-state index is -0.463. The van der Waals surface area contributed by atoms with E-state index in [-0.39, 0.29) is 0 Å². The molecule has 2 aromatic carbocycles. The average molecular weight is 459 g/mol. The fraction of sp³-hybridized carbons (Fsp3) is 0.346. The van der Waals surface area contributed by atoms with Crippen molar-refractivity contribution in [3.8, 4) is 0 Å². The maximum absolute atomic E-state index is 11.5. The summed E-state index contributed by atoms with van der Waals surface area (Å²) >= 11 is 0. The van der Waals surface area contributed by atoms with Gasteiger partial charge in [-0.3, -0.25) is 9.88 Å². The number of piperidine rings is 1. The predicted molar refractivity (Wildman–Crippen MR) is 135 cm³/mol. The van der Waals surface area contributed by atoms with Gasteiger partial charge in [-0.1, -0.05) is 6.42 Å². The van der Waals surface area contributed by atoms with E-state index in [0.29, 0.717) is 17.0 Å². The summed E-state index contributed by atoms with van der Waals surface area (Å²) < 4.78 is 5.13. The van der Waals surface area contributed by atoms with Crippen molar-refractivity contribution in [1.82, 2.24) is 19.9 Å². The summed E-state index contributed by atoms with van der Waals surface area (Å²) in [5.41, 5.74) is 7.73. The van der Waals surface area contributed by atoms with Gasteiger partial charge in [0.05, 0.1) is 5.52 Å². The van der Waals surface area contributed by atoms with Crippen molar-refractivity contribution in [3.05, 3.63) is 69.3 Å². The number of H-pyrrole nitrogens is 1. The van der Waals surface area contributed by atoms with E-state index >= 15 is 0 Å². The van der Waals surface area contributed by atoms with Crippen LogP contribution in [0.2, 0.25) is 0 Å². The van der Waals surface area contributed by atoms with Crippen molar-refractivity contribution < 1.29 is 4.42 Å². The van der Waals surface area contributed by atoms with Crippen molar-refractivity contribution in [3.63, 3.8) is 0 Å². The number of fused-ring (bicyclic) bond motifs is 1. The van der Waals surface area contributed by atoms with Crippen LogP contribution >= 0.6 is 0 Å². The van der Waals surface area contributed by atoms with Crippen LogP contribution in [0.1, 0.15) is 41.5 Å². The first kappa shape index (κ1) is 22.2. The lowest BCUT2D eigenvalue weighted by Crippen LogP contribution is -2.29. The number of anilines is 4. The Morgan fingerprint density at radius 3 is 2.53 bits per heavy atom. The van der Waals surface area contributed by atoms with Crippen LogP contribution in [0.4, 0.5) is 23.1 Å². The SMILES string of the molecule is Cc1cc(Nc2ncc(CN3CCCCC3)c(Nc3ccc4oc(=O)[nH]c4c3)n2)cc(C)c1C. The normalized spacial score (nSPS) is 14.4. The van der Waals surface area contributed by atoms with Crippen LogP contribution in [-0.2, 0) is 6.54 Å². The molecule has 3 heterocycles. The van der Waals surface area contributed by atoms with Gasteiger partial charge in [0.25, 0.3) is 0 Å². The molecule has 0 amide bonds. The van der Waals surface area contributed by atoms with Gasteiger partial charge in [-0.05, 0) is 93.7 Å². The Kier molecular flexibility index (Phi) is 6.06. The summed E-state index contributed by atoms with van der Waals surface area (Å²) in [6.07, 6.45) is 5.64. The zero-order chi connectivity index (χ0) is 23.7. The Morgan fingerprint density at radius 2 is 1.76 bits per heavy atom. The van der Waals surface area contributed by atoms with Crippen LogP contribution in [0.15, 0.2) is 45.7 Å². The highest BCUT2D eigenvalue weighted by atomic mass is 16.4. The van der Waals surface area contributed by atoms with Gasteiger partial charge in [-0.2, -0.15) is 4.98 Å². The number of aromatic amines is 1. The Morgan fingerprint density at radius 1 is 1.00 bits per heavy atom. The summed E-state index contributed by atoms with van der Waals surface area (Å²) in [6, 6.07) is 9.74. The van der Waals surface area contributed by atoms with Crippen molar-refractivity contribution in [2.24, 2.45) is 0 Å². The molecule has 1 aliphatic heterocycles. The zero-order valence-electron chi connectivity index (χ0n) is 19.9. The maximum Gasteiger partial charge on any atom is 0.417 e. The predicted octanol–water partition coefficient (Wildman–Crippen LogP) is 5.31. The van der Waals surface area contributed by atoms with Crippen LogP contribution in [0, 0.1) is 20.8 Å². The molecule has 8 heteroatoms. The first-order chi connectivity index (χ1) is 16.4. The van der Waals surface area contributed by atoms with E-state index in [4.69, 9.17) is 9.40 Å². The number of benzene rings is 2. The number of nitrogens with one attached hydrogen (secondary N) is 3. The second-order valence-electron chi connectivity index (χ2n) is 9.11. The number of oxazole rings is 1. The largest absolute Gasteiger partial charge is 0.417 e. The average Bonchev–Trinajstić information content (AvgIpc) is 3.19. The number of hydrogen-bond acceptors (Lipinski definition) is 7. The van der Waals surface area contributed by atoms with Crippen molar-refractivity contribution in [2.45, 2.75) is 46.6 Å². The van der Waals surface area contributed by atoms with Gasteiger partial charge in [-0.15, -0.1) is 0 Å². The highest BCUT2D eigenvalue weighted by molar-refractivity contribution is 5.78. The molecule has 0 saturated carbocycles. The molecule has 0 unspecified atom stereocenters. The Hall–Kier alpha value is -3.65. The number of hydrogen-bond donors (Lipinski definition) is 3. The smallest absolute Gasteiger partial charge is 0.408 e. The highest BCUT2D eigenvalue weighted by Gasteiger charge is 2.16. The minimum absolute atomic E-state index is 0.463. The lowest BCUT2D eigenvalue weighted by atomic mass is 10.0. The molecular formula is C26H30N6O2. The highest BCUT2D eigenvalue weighted by Crippen LogP contribution is 2.26. The fourth-order valence-corrected chi connectivity index (χ4v) is 4.45. The van der Waals surface area contributed by atoms with E-state index in [1.54, 1.807) is 6.07 Å². The summed E-state index contributed by atoms with van der Waals surface area (Å²) in [6.45, 7) is 9.31. The minimum Gasteiger partial charge on any atom is -0.408 e. The number of rotatable bonds is 6.